The number of nitrogen functional groups attached to an aromatic ring is 1. The molecule has 0 fully saturated rings. The summed E-state index contributed by atoms with van der Waals surface area (Å²) in [5.41, 5.74) is 6.24. The molecule has 0 radical (unpaired) electrons. The molecule has 15 heavy (non-hydrogen) atoms. The van der Waals surface area contributed by atoms with Gasteiger partial charge in [0.2, 0.25) is 0 Å². The molecule has 0 amide bonds. The summed E-state index contributed by atoms with van der Waals surface area (Å²) in [6, 6.07) is 6.83. The summed E-state index contributed by atoms with van der Waals surface area (Å²) in [6.07, 6.45) is 0. The number of rotatable bonds is 2. The van der Waals surface area contributed by atoms with Crippen LogP contribution in [-0.2, 0) is 0 Å². The van der Waals surface area contributed by atoms with E-state index in [4.69, 9.17) is 28.9 Å². The lowest BCUT2D eigenvalue weighted by Gasteiger charge is -2.03. The number of nitrogens with two attached hydrogens (primary N) is 1. The standard InChI is InChI=1S/C9H8Cl2N4/c10-5-1-6(11)3-7(2-5)13-9-4-8(12)14-15-9/h1-4H,(H4,12,13,14,15). The van der Waals surface area contributed by atoms with Crippen molar-refractivity contribution in [2.75, 3.05) is 11.1 Å². The van der Waals surface area contributed by atoms with E-state index in [2.05, 4.69) is 15.5 Å². The van der Waals surface area contributed by atoms with E-state index in [1.54, 1.807) is 24.3 Å². The molecule has 78 valence electrons. The van der Waals surface area contributed by atoms with E-state index in [-0.39, 0.29) is 0 Å². The first-order valence-electron chi connectivity index (χ1n) is 4.17. The van der Waals surface area contributed by atoms with Crippen molar-refractivity contribution in [2.45, 2.75) is 0 Å². The molecule has 0 bridgehead atoms. The van der Waals surface area contributed by atoms with Gasteiger partial charge in [-0.1, -0.05) is 23.2 Å². The van der Waals surface area contributed by atoms with Crippen LogP contribution in [0.1, 0.15) is 0 Å². The molecule has 4 N–H and O–H groups in total. The molecule has 1 aromatic carbocycles. The summed E-state index contributed by atoms with van der Waals surface area (Å²) in [5.74, 6) is 1.11. The lowest BCUT2D eigenvalue weighted by Crippen LogP contribution is -1.90. The SMILES string of the molecule is Nc1cc(Nc2cc(Cl)cc(Cl)c2)n[nH]1. The van der Waals surface area contributed by atoms with Gasteiger partial charge in [0.25, 0.3) is 0 Å². The number of anilines is 3. The van der Waals surface area contributed by atoms with E-state index < -0.39 is 0 Å². The molecule has 0 aliphatic heterocycles. The number of halogens is 2. The van der Waals surface area contributed by atoms with Crippen LogP contribution in [0.4, 0.5) is 17.3 Å². The number of nitrogens with zero attached hydrogens (tertiary/aromatic N) is 1. The Morgan fingerprint density at radius 2 is 1.80 bits per heavy atom. The van der Waals surface area contributed by atoms with Crippen molar-refractivity contribution < 1.29 is 0 Å². The molecule has 0 saturated carbocycles. The molecule has 4 nitrogen and oxygen atoms in total. The molecule has 2 aromatic rings. The fraction of sp³-hybridized carbons (Fsp3) is 0. The molecule has 0 aliphatic carbocycles. The smallest absolute Gasteiger partial charge is 0.154 e. The molecule has 0 unspecified atom stereocenters. The highest BCUT2D eigenvalue weighted by atomic mass is 35.5. The Bertz CT molecular complexity index is 460. The lowest BCUT2D eigenvalue weighted by atomic mass is 10.3. The summed E-state index contributed by atoms with van der Waals surface area (Å²) in [6.45, 7) is 0. The van der Waals surface area contributed by atoms with Crippen LogP contribution in [0.2, 0.25) is 10.0 Å². The van der Waals surface area contributed by atoms with Crippen molar-refractivity contribution in [1.29, 1.82) is 0 Å². The van der Waals surface area contributed by atoms with E-state index in [0.29, 0.717) is 21.7 Å². The largest absolute Gasteiger partial charge is 0.384 e. The van der Waals surface area contributed by atoms with Crippen LogP contribution in [-0.4, -0.2) is 10.2 Å². The van der Waals surface area contributed by atoms with Gasteiger partial charge in [0.1, 0.15) is 5.82 Å². The minimum atomic E-state index is 0.491. The highest BCUT2D eigenvalue weighted by molar-refractivity contribution is 6.35. The van der Waals surface area contributed by atoms with Gasteiger partial charge in [0.05, 0.1) is 0 Å². The highest BCUT2D eigenvalue weighted by Gasteiger charge is 2.01. The Morgan fingerprint density at radius 3 is 2.33 bits per heavy atom. The summed E-state index contributed by atoms with van der Waals surface area (Å²) >= 11 is 11.7. The van der Waals surface area contributed by atoms with Gasteiger partial charge in [0.15, 0.2) is 5.82 Å². The monoisotopic (exact) mass is 242 g/mol. The molecule has 0 saturated heterocycles. The topological polar surface area (TPSA) is 66.7 Å². The second-order valence-corrected chi connectivity index (χ2v) is 3.86. The molecule has 2 rings (SSSR count). The summed E-state index contributed by atoms with van der Waals surface area (Å²) in [4.78, 5) is 0. The zero-order valence-electron chi connectivity index (χ0n) is 7.59. The van der Waals surface area contributed by atoms with Crippen LogP contribution in [0.25, 0.3) is 0 Å². The van der Waals surface area contributed by atoms with Crippen molar-refractivity contribution in [1.82, 2.24) is 10.2 Å². The number of aromatic nitrogens is 2. The lowest BCUT2D eigenvalue weighted by molar-refractivity contribution is 1.10. The van der Waals surface area contributed by atoms with Gasteiger partial charge in [-0.15, -0.1) is 0 Å². The molecule has 6 heteroatoms. The average molecular weight is 243 g/mol. The third kappa shape index (κ3) is 2.55. The van der Waals surface area contributed by atoms with Crippen molar-refractivity contribution in [2.24, 2.45) is 0 Å². The fourth-order valence-electron chi connectivity index (χ4n) is 1.17. The van der Waals surface area contributed by atoms with Crippen LogP contribution in [0.3, 0.4) is 0 Å². The van der Waals surface area contributed by atoms with Gasteiger partial charge in [-0.2, -0.15) is 5.10 Å². The minimum absolute atomic E-state index is 0.491. The maximum absolute atomic E-state index is 5.84. The van der Waals surface area contributed by atoms with Crippen LogP contribution >= 0.6 is 23.2 Å². The molecule has 1 aromatic heterocycles. The van der Waals surface area contributed by atoms with E-state index in [9.17, 15) is 0 Å². The van der Waals surface area contributed by atoms with Crippen molar-refractivity contribution in [3.63, 3.8) is 0 Å². The van der Waals surface area contributed by atoms with Crippen molar-refractivity contribution >= 4 is 40.5 Å². The summed E-state index contributed by atoms with van der Waals surface area (Å²) in [7, 11) is 0. The van der Waals surface area contributed by atoms with E-state index >= 15 is 0 Å². The second-order valence-electron chi connectivity index (χ2n) is 2.99. The molecular weight excluding hydrogens is 235 g/mol. The molecule has 0 atom stereocenters. The fourth-order valence-corrected chi connectivity index (χ4v) is 1.70. The minimum Gasteiger partial charge on any atom is -0.384 e. The number of aromatic amines is 1. The average Bonchev–Trinajstić information content (AvgIpc) is 2.49. The quantitative estimate of drug-likeness (QED) is 0.759. The van der Waals surface area contributed by atoms with Crippen LogP contribution in [0.5, 0.6) is 0 Å². The zero-order chi connectivity index (χ0) is 10.8. The first-order chi connectivity index (χ1) is 7.13. The number of benzene rings is 1. The Labute approximate surface area is 96.4 Å². The molecular formula is C9H8Cl2N4. The maximum atomic E-state index is 5.84. The maximum Gasteiger partial charge on any atom is 0.154 e. The third-order valence-electron chi connectivity index (χ3n) is 1.73. The zero-order valence-corrected chi connectivity index (χ0v) is 9.10. The number of hydrogen-bond donors (Lipinski definition) is 3. The van der Waals surface area contributed by atoms with E-state index in [1.807, 2.05) is 0 Å². The van der Waals surface area contributed by atoms with Crippen molar-refractivity contribution in [3.8, 4) is 0 Å². The molecule has 1 heterocycles. The Morgan fingerprint density at radius 1 is 1.13 bits per heavy atom. The Hall–Kier alpha value is -1.39. The number of nitrogens with one attached hydrogen (secondary N) is 2. The van der Waals surface area contributed by atoms with Crippen LogP contribution in [0, 0.1) is 0 Å². The third-order valence-corrected chi connectivity index (χ3v) is 2.17. The highest BCUT2D eigenvalue weighted by Crippen LogP contribution is 2.24. The number of hydrogen-bond acceptors (Lipinski definition) is 3. The molecule has 0 spiro atoms. The van der Waals surface area contributed by atoms with Gasteiger partial charge in [-0.3, -0.25) is 5.10 Å². The number of H-pyrrole nitrogens is 1. The van der Waals surface area contributed by atoms with Crippen LogP contribution in [0.15, 0.2) is 24.3 Å². The van der Waals surface area contributed by atoms with E-state index in [0.717, 1.165) is 5.69 Å². The first kappa shape index (κ1) is 10.1. The van der Waals surface area contributed by atoms with Gasteiger partial charge in [-0.05, 0) is 18.2 Å². The van der Waals surface area contributed by atoms with Crippen LogP contribution < -0.4 is 11.1 Å². The summed E-state index contributed by atoms with van der Waals surface area (Å²) < 4.78 is 0. The van der Waals surface area contributed by atoms with Gasteiger partial charge < -0.3 is 11.1 Å². The normalized spacial score (nSPS) is 10.3. The predicted octanol–water partition coefficient (Wildman–Crippen LogP) is 3.04. The summed E-state index contributed by atoms with van der Waals surface area (Å²) in [5, 5.41) is 10.7. The Balaban J connectivity index is 2.24. The van der Waals surface area contributed by atoms with Gasteiger partial charge in [0, 0.05) is 21.8 Å². The Kier molecular flexibility index (Phi) is 2.70. The predicted molar refractivity (Wildman–Crippen MR) is 62.7 cm³/mol. The van der Waals surface area contributed by atoms with Crippen molar-refractivity contribution in [3.05, 3.63) is 34.3 Å². The van der Waals surface area contributed by atoms with Gasteiger partial charge >= 0.3 is 0 Å². The van der Waals surface area contributed by atoms with E-state index in [1.165, 1.54) is 0 Å². The second kappa shape index (κ2) is 4.00. The first-order valence-corrected chi connectivity index (χ1v) is 4.93. The van der Waals surface area contributed by atoms with Gasteiger partial charge in [-0.25, -0.2) is 0 Å². The molecule has 0 aliphatic rings.